The molecule has 0 N–H and O–H groups in total. The Hall–Kier alpha value is -11.6. The van der Waals surface area contributed by atoms with Gasteiger partial charge in [0.1, 0.15) is 11.5 Å². The van der Waals surface area contributed by atoms with Crippen molar-refractivity contribution < 1.29 is 4.74 Å². The van der Waals surface area contributed by atoms with Gasteiger partial charge < -0.3 is 4.74 Å². The number of ether oxygens (including phenoxy) is 1. The largest absolute Gasteiger partial charge is 0.457 e. The molecule has 0 heterocycles. The van der Waals surface area contributed by atoms with Gasteiger partial charge in [-0.2, -0.15) is 0 Å². The summed E-state index contributed by atoms with van der Waals surface area (Å²) in [7, 11) is 0. The van der Waals surface area contributed by atoms with Crippen molar-refractivity contribution in [3.63, 3.8) is 0 Å². The molecule has 0 saturated carbocycles. The molecule has 0 aromatic heterocycles. The summed E-state index contributed by atoms with van der Waals surface area (Å²) in [6.07, 6.45) is 0. The van der Waals surface area contributed by atoms with Crippen molar-refractivity contribution >= 4 is 0 Å². The Morgan fingerprint density at radius 1 is 0.191 bits per heavy atom. The molecule has 1 nitrogen and oxygen atoms in total. The molecule has 420 valence electrons. The first kappa shape index (κ1) is 55.3. The first-order valence-electron chi connectivity index (χ1n) is 30.5. The Bertz CT molecular complexity index is 4620. The van der Waals surface area contributed by atoms with Crippen molar-refractivity contribution in [3.8, 4) is 146 Å². The van der Waals surface area contributed by atoms with Crippen LogP contribution in [0.5, 0.6) is 11.5 Å². The van der Waals surface area contributed by atoms with Gasteiger partial charge in [0, 0.05) is 11.1 Å². The molecule has 0 fully saturated rings. The zero-order chi connectivity index (χ0) is 59.9. The van der Waals surface area contributed by atoms with Crippen LogP contribution in [-0.2, 0) is 0 Å². The van der Waals surface area contributed by atoms with Gasteiger partial charge in [0.05, 0.1) is 0 Å². The van der Waals surface area contributed by atoms with E-state index in [0.29, 0.717) is 0 Å². The molecular weight excluding hydrogens is 1070 g/mol. The van der Waals surface area contributed by atoms with E-state index in [0.717, 1.165) is 112 Å². The third-order valence-electron chi connectivity index (χ3n) is 16.8. The maximum atomic E-state index is 6.95. The average Bonchev–Trinajstić information content (AvgIpc) is 0.766. The van der Waals surface area contributed by atoms with Gasteiger partial charge in [0.15, 0.2) is 0 Å². The van der Waals surface area contributed by atoms with Crippen molar-refractivity contribution in [2.75, 3.05) is 0 Å². The predicted octanol–water partition coefficient (Wildman–Crippen LogP) is 23.8. The molecule has 0 amide bonds. The molecular formula is C88H62O. The third kappa shape index (κ3) is 11.3. The Balaban J connectivity index is 0.956. The second-order valence-corrected chi connectivity index (χ2v) is 22.5. The summed E-state index contributed by atoms with van der Waals surface area (Å²) in [6, 6.07) is 122. The van der Waals surface area contributed by atoms with Crippen LogP contribution in [0.1, 0.15) is 22.3 Å². The Morgan fingerprint density at radius 2 is 0.416 bits per heavy atom. The summed E-state index contributed by atoms with van der Waals surface area (Å²) in [4.78, 5) is 0. The van der Waals surface area contributed by atoms with Gasteiger partial charge >= 0.3 is 0 Å². The van der Waals surface area contributed by atoms with Crippen LogP contribution in [0.3, 0.4) is 0 Å². The molecule has 14 aromatic carbocycles. The predicted molar refractivity (Wildman–Crippen MR) is 375 cm³/mol. The van der Waals surface area contributed by atoms with Gasteiger partial charge in [-0.15, -0.1) is 0 Å². The van der Waals surface area contributed by atoms with Gasteiger partial charge in [-0.25, -0.2) is 0 Å². The second kappa shape index (κ2) is 25.2. The summed E-state index contributed by atoms with van der Waals surface area (Å²) in [5, 5.41) is 0. The lowest BCUT2D eigenvalue weighted by molar-refractivity contribution is 0.483. The minimum atomic E-state index is 0.735. The van der Waals surface area contributed by atoms with Crippen LogP contribution in [0.25, 0.3) is 122 Å². The Labute approximate surface area is 523 Å². The second-order valence-electron chi connectivity index (χ2n) is 22.5. The van der Waals surface area contributed by atoms with Crippen LogP contribution in [0.4, 0.5) is 0 Å². The van der Waals surface area contributed by atoms with Crippen LogP contribution >= 0.6 is 0 Å². The number of hydrogen-bond acceptors (Lipinski definition) is 1. The van der Waals surface area contributed by atoms with Crippen LogP contribution in [0, 0.1) is 25.7 Å². The molecule has 0 bridgehead atoms. The van der Waals surface area contributed by atoms with Crippen molar-refractivity contribution in [1.82, 2.24) is 0 Å². The topological polar surface area (TPSA) is 9.23 Å². The van der Waals surface area contributed by atoms with Crippen LogP contribution in [0.2, 0.25) is 0 Å². The van der Waals surface area contributed by atoms with Gasteiger partial charge in [-0.05, 0) is 196 Å². The van der Waals surface area contributed by atoms with Gasteiger partial charge in [0.25, 0.3) is 0 Å². The smallest absolute Gasteiger partial charge is 0.127 e. The molecule has 14 aromatic rings. The highest BCUT2D eigenvalue weighted by Gasteiger charge is 2.30. The lowest BCUT2D eigenvalue weighted by Crippen LogP contribution is -2.02. The van der Waals surface area contributed by atoms with E-state index < -0.39 is 0 Å². The highest BCUT2D eigenvalue weighted by molar-refractivity contribution is 6.15. The van der Waals surface area contributed by atoms with E-state index in [2.05, 4.69) is 347 Å². The molecule has 0 atom stereocenters. The summed E-state index contributed by atoms with van der Waals surface area (Å²) < 4.78 is 6.95. The average molecular weight is 1140 g/mol. The minimum Gasteiger partial charge on any atom is -0.457 e. The molecule has 89 heavy (non-hydrogen) atoms. The molecule has 0 spiro atoms. The molecule has 0 aliphatic rings. The molecule has 14 rings (SSSR count). The number of benzene rings is 14. The molecule has 0 radical (unpaired) electrons. The van der Waals surface area contributed by atoms with Gasteiger partial charge in [-0.3, -0.25) is 0 Å². The number of rotatable bonds is 13. The highest BCUT2D eigenvalue weighted by Crippen LogP contribution is 2.57. The zero-order valence-electron chi connectivity index (χ0n) is 49.7. The van der Waals surface area contributed by atoms with E-state index in [-0.39, 0.29) is 0 Å². The fraction of sp³-hybridized carbons (Fsp3) is 0.0227. The quantitative estimate of drug-likeness (QED) is 0.105. The summed E-state index contributed by atoms with van der Waals surface area (Å²) in [6.45, 7) is 4.48. The molecule has 0 unspecified atom stereocenters. The lowest BCUT2D eigenvalue weighted by atomic mass is 9.74. The van der Waals surface area contributed by atoms with Crippen molar-refractivity contribution in [3.05, 3.63) is 362 Å². The van der Waals surface area contributed by atoms with Crippen molar-refractivity contribution in [2.45, 2.75) is 13.8 Å². The normalized spacial score (nSPS) is 10.9. The number of hydrogen-bond donors (Lipinski definition) is 0. The SMILES string of the molecule is Cc1cc(C#Cc2ccccc2)cc(-c2c(-c3ccccc3)c(-c3ccccc3)c(-c3ccc(Oc4ccc(-c5c(-c6ccccc6)c(-c6ccccc6)c(C)c(-c6ccccc6)c5-c5ccccc5)cc4)cc3)c(-c3ccccc3)c2-c2ccccc2)c1. The monoisotopic (exact) mass is 1130 g/mol. The maximum absolute atomic E-state index is 6.95. The first-order valence-corrected chi connectivity index (χ1v) is 30.5. The highest BCUT2D eigenvalue weighted by atomic mass is 16.5. The lowest BCUT2D eigenvalue weighted by Gasteiger charge is -2.29. The Morgan fingerprint density at radius 3 is 0.708 bits per heavy atom. The van der Waals surface area contributed by atoms with E-state index >= 15 is 0 Å². The van der Waals surface area contributed by atoms with Crippen molar-refractivity contribution in [1.29, 1.82) is 0 Å². The van der Waals surface area contributed by atoms with E-state index in [4.69, 9.17) is 4.74 Å². The van der Waals surface area contributed by atoms with Crippen LogP contribution < -0.4 is 4.74 Å². The van der Waals surface area contributed by atoms with E-state index in [1.165, 1.54) is 44.5 Å². The van der Waals surface area contributed by atoms with Crippen LogP contribution in [0.15, 0.2) is 340 Å². The van der Waals surface area contributed by atoms with Gasteiger partial charge in [-0.1, -0.05) is 303 Å². The van der Waals surface area contributed by atoms with E-state index in [1.807, 2.05) is 18.2 Å². The molecule has 0 aliphatic heterocycles. The number of aryl methyl sites for hydroxylation is 1. The minimum absolute atomic E-state index is 0.735. The Kier molecular flexibility index (Phi) is 15.7. The summed E-state index contributed by atoms with van der Waals surface area (Å²) in [5.41, 5.74) is 29.5. The van der Waals surface area contributed by atoms with E-state index in [9.17, 15) is 0 Å². The van der Waals surface area contributed by atoms with E-state index in [1.54, 1.807) is 0 Å². The zero-order valence-corrected chi connectivity index (χ0v) is 49.7. The maximum Gasteiger partial charge on any atom is 0.127 e. The summed E-state index contributed by atoms with van der Waals surface area (Å²) >= 11 is 0. The van der Waals surface area contributed by atoms with Crippen molar-refractivity contribution in [2.24, 2.45) is 0 Å². The molecule has 1 heteroatoms. The van der Waals surface area contributed by atoms with Crippen LogP contribution in [-0.4, -0.2) is 0 Å². The molecule has 0 aliphatic carbocycles. The third-order valence-corrected chi connectivity index (χ3v) is 16.8. The first-order chi connectivity index (χ1) is 44.0. The van der Waals surface area contributed by atoms with Gasteiger partial charge in [0.2, 0.25) is 0 Å². The fourth-order valence-electron chi connectivity index (χ4n) is 13.0. The standard InChI is InChI=1S/C88H62O/c1-61-58-64(49-48-63-30-12-3-13-31-63)60-75(59-61)88-84(71-44-26-10-27-45-71)82(69-40-22-8-23-41-69)87(83(70-42-24-9-25-43-70)85(88)72-46-28-11-29-47-72)74-52-56-77(57-53-74)89-76-54-50-73(51-55-76)86-80(67-36-18-6-19-37-67)78(65-32-14-4-15-33-65)62(2)79(66-34-16-5-17-35-66)81(86)68-38-20-7-21-39-68/h3-47,50-60H,1-2H3. The fourth-order valence-corrected chi connectivity index (χ4v) is 13.0. The molecule has 0 saturated heterocycles. The summed E-state index contributed by atoms with van der Waals surface area (Å²) in [5.74, 6) is 8.50.